The Hall–Kier alpha value is -0.240. The number of hydrogen-bond donors (Lipinski definition) is 1. The van der Waals surface area contributed by atoms with E-state index < -0.39 is 0 Å². The van der Waals surface area contributed by atoms with Crippen LogP contribution in [-0.4, -0.2) is 17.8 Å². The van der Waals surface area contributed by atoms with Crippen LogP contribution < -0.4 is 5.32 Å². The van der Waals surface area contributed by atoms with Crippen LogP contribution in [-0.2, 0) is 4.79 Å². The van der Waals surface area contributed by atoms with Gasteiger partial charge in [0.2, 0.25) is 5.91 Å². The molecule has 0 saturated carbocycles. The fourth-order valence-electron chi connectivity index (χ4n) is 0.985. The van der Waals surface area contributed by atoms with E-state index in [2.05, 4.69) is 26.1 Å². The maximum Gasteiger partial charge on any atom is 0.235 e. The van der Waals surface area contributed by atoms with Crippen LogP contribution in [0.1, 0.15) is 27.2 Å². The summed E-state index contributed by atoms with van der Waals surface area (Å²) >= 11 is 5.35. The topological polar surface area (TPSA) is 29.1 Å². The van der Waals surface area contributed by atoms with Crippen molar-refractivity contribution in [2.45, 2.75) is 33.2 Å². The lowest BCUT2D eigenvalue weighted by molar-refractivity contribution is -0.119. The number of amides is 1. The number of carbonyl (C=O) groups excluding carboxylic acids is 1. The first-order valence-corrected chi connectivity index (χ1v) is 4.50. The Morgan fingerprint density at radius 1 is 1.55 bits per heavy atom. The predicted molar refractivity (Wildman–Crippen MR) is 47.8 cm³/mol. The van der Waals surface area contributed by atoms with Crippen molar-refractivity contribution >= 4 is 17.5 Å². The van der Waals surface area contributed by atoms with Crippen molar-refractivity contribution in [1.29, 1.82) is 0 Å². The largest absolute Gasteiger partial charge is 0.352 e. The minimum absolute atomic E-state index is 0.0588. The van der Waals surface area contributed by atoms with E-state index in [-0.39, 0.29) is 17.8 Å². The van der Waals surface area contributed by atoms with Crippen LogP contribution in [0.2, 0.25) is 0 Å². The van der Waals surface area contributed by atoms with E-state index in [0.717, 1.165) is 6.42 Å². The Kier molecular flexibility index (Phi) is 5.30. The van der Waals surface area contributed by atoms with Crippen molar-refractivity contribution < 1.29 is 4.79 Å². The molecule has 0 aliphatic carbocycles. The second-order valence-electron chi connectivity index (χ2n) is 2.96. The second kappa shape index (κ2) is 5.42. The number of carbonyl (C=O) groups is 1. The van der Waals surface area contributed by atoms with Gasteiger partial charge in [-0.15, -0.1) is 11.6 Å². The molecule has 1 atom stereocenters. The first-order valence-electron chi connectivity index (χ1n) is 3.97. The standard InChI is InChI=1S/C8H16ClNO/c1-4-7(6(2)3)10-8(11)5-9/h6-7H,4-5H2,1-3H3,(H,10,11). The van der Waals surface area contributed by atoms with E-state index in [1.54, 1.807) is 0 Å². The Bertz CT molecular complexity index is 125. The van der Waals surface area contributed by atoms with Crippen LogP contribution in [0.15, 0.2) is 0 Å². The Morgan fingerprint density at radius 3 is 2.36 bits per heavy atom. The fraction of sp³-hybridized carbons (Fsp3) is 0.875. The molecule has 1 unspecified atom stereocenters. The fourth-order valence-corrected chi connectivity index (χ4v) is 1.06. The highest BCUT2D eigenvalue weighted by Gasteiger charge is 2.12. The molecule has 0 aromatic rings. The zero-order valence-electron chi connectivity index (χ0n) is 7.36. The van der Waals surface area contributed by atoms with E-state index in [1.165, 1.54) is 0 Å². The third kappa shape index (κ3) is 4.25. The zero-order valence-corrected chi connectivity index (χ0v) is 8.11. The van der Waals surface area contributed by atoms with Gasteiger partial charge >= 0.3 is 0 Å². The van der Waals surface area contributed by atoms with Gasteiger partial charge in [0.05, 0.1) is 0 Å². The van der Waals surface area contributed by atoms with Crippen LogP contribution in [0, 0.1) is 5.92 Å². The number of halogens is 1. The first kappa shape index (κ1) is 10.8. The average molecular weight is 178 g/mol. The third-order valence-electron chi connectivity index (χ3n) is 1.71. The van der Waals surface area contributed by atoms with Gasteiger partial charge in [0, 0.05) is 6.04 Å². The number of nitrogens with one attached hydrogen (secondary N) is 1. The molecule has 0 aromatic heterocycles. The monoisotopic (exact) mass is 177 g/mol. The van der Waals surface area contributed by atoms with E-state index in [9.17, 15) is 4.79 Å². The minimum Gasteiger partial charge on any atom is -0.352 e. The molecule has 11 heavy (non-hydrogen) atoms. The van der Waals surface area contributed by atoms with Crippen LogP contribution in [0.3, 0.4) is 0 Å². The molecular weight excluding hydrogens is 162 g/mol. The van der Waals surface area contributed by atoms with Gasteiger partial charge in [-0.3, -0.25) is 4.79 Å². The molecule has 1 amide bonds. The first-order chi connectivity index (χ1) is 5.11. The normalized spacial score (nSPS) is 13.2. The van der Waals surface area contributed by atoms with Crippen molar-refractivity contribution in [3.8, 4) is 0 Å². The molecule has 0 aliphatic rings. The second-order valence-corrected chi connectivity index (χ2v) is 3.23. The van der Waals surface area contributed by atoms with Crippen LogP contribution in [0.5, 0.6) is 0 Å². The minimum atomic E-state index is -0.0767. The Labute approximate surface area is 73.3 Å². The van der Waals surface area contributed by atoms with Crippen LogP contribution >= 0.6 is 11.6 Å². The summed E-state index contributed by atoms with van der Waals surface area (Å²) in [7, 11) is 0. The van der Waals surface area contributed by atoms with E-state index in [4.69, 9.17) is 11.6 Å². The van der Waals surface area contributed by atoms with Gasteiger partial charge in [-0.2, -0.15) is 0 Å². The summed E-state index contributed by atoms with van der Waals surface area (Å²) in [5.74, 6) is 0.461. The molecule has 0 spiro atoms. The summed E-state index contributed by atoms with van der Waals surface area (Å²) in [5, 5.41) is 2.84. The van der Waals surface area contributed by atoms with Crippen molar-refractivity contribution in [3.05, 3.63) is 0 Å². The average Bonchev–Trinajstić information content (AvgIpc) is 1.99. The highest BCUT2D eigenvalue weighted by atomic mass is 35.5. The third-order valence-corrected chi connectivity index (χ3v) is 1.96. The number of hydrogen-bond acceptors (Lipinski definition) is 1. The summed E-state index contributed by atoms with van der Waals surface area (Å²) in [6.45, 7) is 6.23. The maximum absolute atomic E-state index is 10.8. The molecule has 0 fully saturated rings. The Morgan fingerprint density at radius 2 is 2.09 bits per heavy atom. The molecule has 2 nitrogen and oxygen atoms in total. The maximum atomic E-state index is 10.8. The van der Waals surface area contributed by atoms with Gasteiger partial charge in [0.15, 0.2) is 0 Å². The zero-order chi connectivity index (χ0) is 8.85. The SMILES string of the molecule is CCC(NC(=O)CCl)C(C)C. The lowest BCUT2D eigenvalue weighted by Crippen LogP contribution is -2.38. The molecule has 0 aliphatic heterocycles. The molecule has 0 heterocycles. The van der Waals surface area contributed by atoms with Crippen molar-refractivity contribution in [3.63, 3.8) is 0 Å². The van der Waals surface area contributed by atoms with Crippen molar-refractivity contribution in [2.75, 3.05) is 5.88 Å². The summed E-state index contributed by atoms with van der Waals surface area (Å²) in [6, 6.07) is 0.265. The van der Waals surface area contributed by atoms with Gasteiger partial charge in [-0.1, -0.05) is 20.8 Å². The van der Waals surface area contributed by atoms with Crippen molar-refractivity contribution in [2.24, 2.45) is 5.92 Å². The van der Waals surface area contributed by atoms with Crippen LogP contribution in [0.4, 0.5) is 0 Å². The van der Waals surface area contributed by atoms with Gasteiger partial charge in [0.25, 0.3) is 0 Å². The van der Waals surface area contributed by atoms with E-state index in [0.29, 0.717) is 5.92 Å². The molecule has 0 radical (unpaired) electrons. The molecule has 0 aromatic carbocycles. The Balaban J connectivity index is 3.78. The molecule has 0 saturated heterocycles. The van der Waals surface area contributed by atoms with Gasteiger partial charge in [-0.25, -0.2) is 0 Å². The van der Waals surface area contributed by atoms with Gasteiger partial charge in [0.1, 0.15) is 5.88 Å². The molecule has 3 heteroatoms. The molecular formula is C8H16ClNO. The van der Waals surface area contributed by atoms with E-state index >= 15 is 0 Å². The van der Waals surface area contributed by atoms with Gasteiger partial charge < -0.3 is 5.32 Å². The highest BCUT2D eigenvalue weighted by molar-refractivity contribution is 6.27. The molecule has 0 rings (SSSR count). The molecule has 66 valence electrons. The molecule has 1 N–H and O–H groups in total. The summed E-state index contributed by atoms with van der Waals surface area (Å²) in [6.07, 6.45) is 0.959. The number of alkyl halides is 1. The van der Waals surface area contributed by atoms with Crippen LogP contribution in [0.25, 0.3) is 0 Å². The predicted octanol–water partition coefficient (Wildman–Crippen LogP) is 1.78. The highest BCUT2D eigenvalue weighted by Crippen LogP contribution is 2.04. The lowest BCUT2D eigenvalue weighted by atomic mass is 10.0. The van der Waals surface area contributed by atoms with Crippen molar-refractivity contribution in [1.82, 2.24) is 5.32 Å². The number of rotatable bonds is 4. The quantitative estimate of drug-likeness (QED) is 0.652. The smallest absolute Gasteiger partial charge is 0.235 e. The molecule has 0 bridgehead atoms. The summed E-state index contributed by atoms with van der Waals surface area (Å²) in [5.41, 5.74) is 0. The van der Waals surface area contributed by atoms with Gasteiger partial charge in [-0.05, 0) is 12.3 Å². The summed E-state index contributed by atoms with van der Waals surface area (Å²) < 4.78 is 0. The summed E-state index contributed by atoms with van der Waals surface area (Å²) in [4.78, 5) is 10.8. The lowest BCUT2D eigenvalue weighted by Gasteiger charge is -2.19. The van der Waals surface area contributed by atoms with E-state index in [1.807, 2.05) is 0 Å².